The van der Waals surface area contributed by atoms with E-state index >= 15 is 0 Å². The lowest BCUT2D eigenvalue weighted by Crippen LogP contribution is -2.24. The lowest BCUT2D eigenvalue weighted by molar-refractivity contribution is 0.307. The van der Waals surface area contributed by atoms with Gasteiger partial charge in [-0.1, -0.05) is 13.8 Å². The van der Waals surface area contributed by atoms with Crippen LogP contribution in [0.15, 0.2) is 0 Å². The van der Waals surface area contributed by atoms with E-state index in [0.29, 0.717) is 0 Å². The molecule has 1 rings (SSSR count). The topological polar surface area (TPSA) is 15.3 Å². The van der Waals surface area contributed by atoms with Crippen LogP contribution in [0.4, 0.5) is 0 Å². The number of unbranched alkanes of at least 4 members (excludes halogenated alkanes) is 1. The molecule has 1 aliphatic carbocycles. The van der Waals surface area contributed by atoms with Gasteiger partial charge in [0.2, 0.25) is 0 Å². The van der Waals surface area contributed by atoms with Crippen molar-refractivity contribution in [1.82, 2.24) is 10.2 Å². The molecule has 0 amide bonds. The number of hydrogen-bond donors (Lipinski definition) is 1. The highest BCUT2D eigenvalue weighted by Gasteiger charge is 2.32. The van der Waals surface area contributed by atoms with Crippen LogP contribution in [-0.4, -0.2) is 38.1 Å². The van der Waals surface area contributed by atoms with Crippen molar-refractivity contribution in [2.75, 3.05) is 33.2 Å². The molecular formula is C13H28N2. The lowest BCUT2D eigenvalue weighted by Gasteiger charge is -2.16. The van der Waals surface area contributed by atoms with Crippen molar-refractivity contribution in [1.29, 1.82) is 0 Å². The Kier molecular flexibility index (Phi) is 6.26. The molecule has 0 bridgehead atoms. The van der Waals surface area contributed by atoms with Crippen LogP contribution in [0, 0.1) is 11.8 Å². The van der Waals surface area contributed by atoms with Crippen molar-refractivity contribution in [3.05, 3.63) is 0 Å². The van der Waals surface area contributed by atoms with Crippen molar-refractivity contribution in [2.45, 2.75) is 39.5 Å². The molecular weight excluding hydrogens is 184 g/mol. The molecule has 2 atom stereocenters. The van der Waals surface area contributed by atoms with E-state index in [1.54, 1.807) is 0 Å². The van der Waals surface area contributed by atoms with E-state index in [-0.39, 0.29) is 0 Å². The van der Waals surface area contributed by atoms with Crippen LogP contribution in [-0.2, 0) is 0 Å². The monoisotopic (exact) mass is 212 g/mol. The van der Waals surface area contributed by atoms with Gasteiger partial charge in [-0.3, -0.25) is 0 Å². The average molecular weight is 212 g/mol. The lowest BCUT2D eigenvalue weighted by atomic mass is 10.2. The van der Waals surface area contributed by atoms with Gasteiger partial charge in [0.05, 0.1) is 0 Å². The first-order valence-corrected chi connectivity index (χ1v) is 6.63. The molecule has 0 spiro atoms. The Morgan fingerprint density at radius 3 is 2.60 bits per heavy atom. The maximum atomic E-state index is 3.45. The van der Waals surface area contributed by atoms with E-state index in [1.807, 2.05) is 0 Å². The summed E-state index contributed by atoms with van der Waals surface area (Å²) >= 11 is 0. The van der Waals surface area contributed by atoms with Crippen LogP contribution in [0.3, 0.4) is 0 Å². The molecule has 0 aromatic heterocycles. The number of hydrogen-bond acceptors (Lipinski definition) is 2. The standard InChI is InChI=1S/C13H28N2/c1-4-7-14-8-5-6-9-15(3)11-13-10-12(13)2/h12-14H,4-11H2,1-3H3. The summed E-state index contributed by atoms with van der Waals surface area (Å²) in [6.07, 6.45) is 5.38. The number of nitrogens with one attached hydrogen (secondary N) is 1. The normalized spacial score (nSPS) is 24.8. The molecule has 0 aromatic rings. The van der Waals surface area contributed by atoms with Gasteiger partial charge in [0.15, 0.2) is 0 Å². The third-order valence-electron chi connectivity index (χ3n) is 3.39. The molecule has 1 aliphatic rings. The van der Waals surface area contributed by atoms with E-state index in [1.165, 1.54) is 51.9 Å². The highest BCUT2D eigenvalue weighted by atomic mass is 15.1. The number of rotatable bonds is 9. The molecule has 0 heterocycles. The first-order valence-electron chi connectivity index (χ1n) is 6.63. The van der Waals surface area contributed by atoms with Crippen LogP contribution < -0.4 is 5.32 Å². The number of nitrogens with zero attached hydrogens (tertiary/aromatic N) is 1. The van der Waals surface area contributed by atoms with Gasteiger partial charge in [-0.25, -0.2) is 0 Å². The SMILES string of the molecule is CCCNCCCCN(C)CC1CC1C. The Morgan fingerprint density at radius 2 is 2.00 bits per heavy atom. The van der Waals surface area contributed by atoms with Gasteiger partial charge >= 0.3 is 0 Å². The van der Waals surface area contributed by atoms with Crippen molar-refractivity contribution < 1.29 is 0 Å². The average Bonchev–Trinajstić information content (AvgIpc) is 2.88. The highest BCUT2D eigenvalue weighted by Crippen LogP contribution is 2.37. The van der Waals surface area contributed by atoms with Gasteiger partial charge in [-0.2, -0.15) is 0 Å². The summed E-state index contributed by atoms with van der Waals surface area (Å²) in [6, 6.07) is 0. The van der Waals surface area contributed by atoms with Gasteiger partial charge < -0.3 is 10.2 Å². The van der Waals surface area contributed by atoms with Gasteiger partial charge in [0, 0.05) is 6.54 Å². The van der Waals surface area contributed by atoms with Crippen molar-refractivity contribution >= 4 is 0 Å². The second-order valence-electron chi connectivity index (χ2n) is 5.19. The molecule has 1 saturated carbocycles. The molecule has 2 unspecified atom stereocenters. The fourth-order valence-corrected chi connectivity index (χ4v) is 2.08. The van der Waals surface area contributed by atoms with Gasteiger partial charge in [-0.05, 0) is 64.2 Å². The van der Waals surface area contributed by atoms with E-state index < -0.39 is 0 Å². The molecule has 0 aliphatic heterocycles. The van der Waals surface area contributed by atoms with E-state index in [0.717, 1.165) is 11.8 Å². The molecule has 1 N–H and O–H groups in total. The molecule has 1 fully saturated rings. The zero-order valence-electron chi connectivity index (χ0n) is 10.8. The third kappa shape index (κ3) is 6.16. The van der Waals surface area contributed by atoms with Crippen LogP contribution in [0.25, 0.3) is 0 Å². The summed E-state index contributed by atoms with van der Waals surface area (Å²) in [5, 5.41) is 3.45. The molecule has 2 heteroatoms. The Morgan fingerprint density at radius 1 is 1.27 bits per heavy atom. The minimum absolute atomic E-state index is 0.999. The minimum Gasteiger partial charge on any atom is -0.317 e. The summed E-state index contributed by atoms with van der Waals surface area (Å²) in [7, 11) is 2.27. The summed E-state index contributed by atoms with van der Waals surface area (Å²) in [4.78, 5) is 2.51. The molecule has 2 nitrogen and oxygen atoms in total. The fourth-order valence-electron chi connectivity index (χ4n) is 2.08. The largest absolute Gasteiger partial charge is 0.317 e. The second-order valence-corrected chi connectivity index (χ2v) is 5.19. The van der Waals surface area contributed by atoms with Crippen LogP contribution >= 0.6 is 0 Å². The summed E-state index contributed by atoms with van der Waals surface area (Å²) in [5.74, 6) is 2.01. The Balaban J connectivity index is 1.82. The second kappa shape index (κ2) is 7.24. The van der Waals surface area contributed by atoms with Crippen LogP contribution in [0.2, 0.25) is 0 Å². The smallest absolute Gasteiger partial charge is 0.000926 e. The summed E-state index contributed by atoms with van der Waals surface area (Å²) < 4.78 is 0. The summed E-state index contributed by atoms with van der Waals surface area (Å²) in [6.45, 7) is 9.56. The van der Waals surface area contributed by atoms with Crippen LogP contribution in [0.5, 0.6) is 0 Å². The Labute approximate surface area is 95.4 Å². The Hall–Kier alpha value is -0.0800. The maximum Gasteiger partial charge on any atom is 0.000926 e. The van der Waals surface area contributed by atoms with E-state index in [4.69, 9.17) is 0 Å². The first kappa shape index (κ1) is 13.0. The van der Waals surface area contributed by atoms with Crippen molar-refractivity contribution in [2.24, 2.45) is 11.8 Å². The zero-order valence-corrected chi connectivity index (χ0v) is 10.8. The van der Waals surface area contributed by atoms with Gasteiger partial charge in [0.25, 0.3) is 0 Å². The predicted octanol–water partition coefficient (Wildman–Crippen LogP) is 2.35. The fraction of sp³-hybridized carbons (Fsp3) is 1.00. The van der Waals surface area contributed by atoms with Gasteiger partial charge in [0.1, 0.15) is 0 Å². The third-order valence-corrected chi connectivity index (χ3v) is 3.39. The first-order chi connectivity index (χ1) is 7.24. The molecule has 0 aromatic carbocycles. The summed E-state index contributed by atoms with van der Waals surface area (Å²) in [5.41, 5.74) is 0. The predicted molar refractivity (Wildman–Crippen MR) is 67.2 cm³/mol. The van der Waals surface area contributed by atoms with E-state index in [9.17, 15) is 0 Å². The quantitative estimate of drug-likeness (QED) is 0.590. The van der Waals surface area contributed by atoms with E-state index in [2.05, 4.69) is 31.1 Å². The minimum atomic E-state index is 0.999. The molecule has 0 radical (unpaired) electrons. The van der Waals surface area contributed by atoms with Crippen molar-refractivity contribution in [3.8, 4) is 0 Å². The maximum absolute atomic E-state index is 3.45. The highest BCUT2D eigenvalue weighted by molar-refractivity contribution is 4.84. The molecule has 15 heavy (non-hydrogen) atoms. The van der Waals surface area contributed by atoms with Crippen molar-refractivity contribution in [3.63, 3.8) is 0 Å². The van der Waals surface area contributed by atoms with Crippen LogP contribution in [0.1, 0.15) is 39.5 Å². The van der Waals surface area contributed by atoms with Gasteiger partial charge in [-0.15, -0.1) is 0 Å². The zero-order chi connectivity index (χ0) is 11.1. The molecule has 0 saturated heterocycles. The Bertz CT molecular complexity index is 159. The molecule has 90 valence electrons.